The molecule has 0 saturated heterocycles. The molecule has 0 nitrogen and oxygen atoms in total. The zero-order chi connectivity index (χ0) is 8.39. The maximum absolute atomic E-state index is 3.44. The third-order valence-electron chi connectivity index (χ3n) is 2.52. The highest BCUT2D eigenvalue weighted by atomic mass is 14.1. The fourth-order valence-electron chi connectivity index (χ4n) is 1.73. The highest BCUT2D eigenvalue weighted by Gasteiger charge is 2.08. The lowest BCUT2D eigenvalue weighted by atomic mass is 9.90. The molecule has 0 heteroatoms. The fourth-order valence-corrected chi connectivity index (χ4v) is 1.73. The number of fused-ring (bicyclic) bond motifs is 1. The summed E-state index contributed by atoms with van der Waals surface area (Å²) in [5.74, 6) is 0. The summed E-state index contributed by atoms with van der Waals surface area (Å²) in [5.41, 5.74) is 4.28. The van der Waals surface area contributed by atoms with Crippen LogP contribution in [0.25, 0.3) is 0 Å². The van der Waals surface area contributed by atoms with Gasteiger partial charge in [-0.1, -0.05) is 25.1 Å². The number of rotatable bonds is 1. The van der Waals surface area contributed by atoms with Crippen LogP contribution in [-0.2, 0) is 12.8 Å². The predicted molar refractivity (Wildman–Crippen MR) is 51.1 cm³/mol. The lowest BCUT2D eigenvalue weighted by molar-refractivity contribution is 0.773. The third kappa shape index (κ3) is 1.38. The summed E-state index contributed by atoms with van der Waals surface area (Å²) in [6.45, 7) is 2.20. The Hall–Kier alpha value is -0.780. The quantitative estimate of drug-likeness (QED) is 0.589. The Morgan fingerprint density at radius 2 is 2.33 bits per heavy atom. The van der Waals surface area contributed by atoms with Gasteiger partial charge in [-0.05, 0) is 42.4 Å². The molecule has 1 aromatic rings. The summed E-state index contributed by atoms with van der Waals surface area (Å²) in [6.07, 6.45) is 8.23. The summed E-state index contributed by atoms with van der Waals surface area (Å²) in [6, 6.07) is 6.79. The molecule has 12 heavy (non-hydrogen) atoms. The van der Waals surface area contributed by atoms with Crippen molar-refractivity contribution in [2.75, 3.05) is 0 Å². The van der Waals surface area contributed by atoms with Gasteiger partial charge >= 0.3 is 0 Å². The minimum absolute atomic E-state index is 1.13. The van der Waals surface area contributed by atoms with Crippen molar-refractivity contribution in [1.82, 2.24) is 0 Å². The van der Waals surface area contributed by atoms with E-state index in [1.165, 1.54) is 29.5 Å². The molecule has 1 aliphatic rings. The molecule has 2 radical (unpaired) electrons. The molecule has 0 bridgehead atoms. The first-order chi connectivity index (χ1) is 5.90. The Kier molecular flexibility index (Phi) is 2.16. The lowest BCUT2D eigenvalue weighted by Gasteiger charge is -2.15. The predicted octanol–water partition coefficient (Wildman–Crippen LogP) is 3.01. The van der Waals surface area contributed by atoms with Crippen LogP contribution >= 0.6 is 0 Å². The lowest BCUT2D eigenvalue weighted by Crippen LogP contribution is -2.01. The normalized spacial score (nSPS) is 15.8. The van der Waals surface area contributed by atoms with Crippen molar-refractivity contribution in [3.63, 3.8) is 0 Å². The molecule has 0 atom stereocenters. The largest absolute Gasteiger partial charge is 0.0613 e. The van der Waals surface area contributed by atoms with Crippen molar-refractivity contribution in [2.45, 2.75) is 32.6 Å². The highest BCUT2D eigenvalue weighted by molar-refractivity contribution is 5.38. The van der Waals surface area contributed by atoms with Gasteiger partial charge < -0.3 is 0 Å². The van der Waals surface area contributed by atoms with Crippen molar-refractivity contribution >= 4 is 0 Å². The molecule has 0 spiro atoms. The van der Waals surface area contributed by atoms with Gasteiger partial charge in [0.1, 0.15) is 0 Å². The summed E-state index contributed by atoms with van der Waals surface area (Å²) in [4.78, 5) is 0. The minimum Gasteiger partial charge on any atom is -0.0613 e. The molecular weight excluding hydrogens is 144 g/mol. The number of benzene rings is 1. The topological polar surface area (TPSA) is 0 Å². The molecule has 1 aliphatic carbocycles. The van der Waals surface area contributed by atoms with Gasteiger partial charge in [0.05, 0.1) is 0 Å². The van der Waals surface area contributed by atoms with Gasteiger partial charge in [0.15, 0.2) is 0 Å². The average molecular weight is 158 g/mol. The third-order valence-corrected chi connectivity index (χ3v) is 2.52. The first kappa shape index (κ1) is 7.85. The van der Waals surface area contributed by atoms with Gasteiger partial charge in [-0.3, -0.25) is 0 Å². The molecule has 0 saturated carbocycles. The van der Waals surface area contributed by atoms with E-state index in [4.69, 9.17) is 0 Å². The molecule has 2 rings (SSSR count). The minimum atomic E-state index is 1.13. The van der Waals surface area contributed by atoms with E-state index >= 15 is 0 Å². The van der Waals surface area contributed by atoms with E-state index in [0.717, 1.165) is 12.8 Å². The summed E-state index contributed by atoms with van der Waals surface area (Å²) in [7, 11) is 0. The second-order valence-electron chi connectivity index (χ2n) is 3.38. The second kappa shape index (κ2) is 3.30. The zero-order valence-corrected chi connectivity index (χ0v) is 7.56. The van der Waals surface area contributed by atoms with E-state index in [-0.39, 0.29) is 0 Å². The first-order valence-corrected chi connectivity index (χ1v) is 4.76. The summed E-state index contributed by atoms with van der Waals surface area (Å²) < 4.78 is 0. The van der Waals surface area contributed by atoms with E-state index in [1.54, 1.807) is 0 Å². The highest BCUT2D eigenvalue weighted by Crippen LogP contribution is 2.23. The van der Waals surface area contributed by atoms with Gasteiger partial charge in [-0.2, -0.15) is 0 Å². The van der Waals surface area contributed by atoms with E-state index in [2.05, 4.69) is 31.5 Å². The van der Waals surface area contributed by atoms with Crippen LogP contribution in [0.1, 0.15) is 36.5 Å². The molecule has 0 amide bonds. The molecular formula is C12H14. The maximum Gasteiger partial charge on any atom is 0.0167 e. The number of aryl methyl sites for hydroxylation is 2. The molecule has 0 aliphatic heterocycles. The van der Waals surface area contributed by atoms with E-state index < -0.39 is 0 Å². The van der Waals surface area contributed by atoms with Crippen LogP contribution in [0.3, 0.4) is 0 Å². The zero-order valence-electron chi connectivity index (χ0n) is 7.56. The molecule has 0 aromatic heterocycles. The Morgan fingerprint density at radius 3 is 3.17 bits per heavy atom. The summed E-state index contributed by atoms with van der Waals surface area (Å²) in [5, 5.41) is 0. The van der Waals surface area contributed by atoms with Gasteiger partial charge in [-0.25, -0.2) is 0 Å². The number of hydrogen-bond donors (Lipinski definition) is 0. The Morgan fingerprint density at radius 1 is 1.42 bits per heavy atom. The fraction of sp³-hybridized carbons (Fsp3) is 0.417. The van der Waals surface area contributed by atoms with Crippen molar-refractivity contribution in [2.24, 2.45) is 0 Å². The van der Waals surface area contributed by atoms with Crippen LogP contribution in [-0.4, -0.2) is 0 Å². The molecule has 0 unspecified atom stereocenters. The van der Waals surface area contributed by atoms with E-state index in [0.29, 0.717) is 0 Å². The van der Waals surface area contributed by atoms with Crippen LogP contribution in [0.4, 0.5) is 0 Å². The SMILES string of the molecule is CCc1ccc2c(c1)[C]CCC2. The van der Waals surface area contributed by atoms with Gasteiger partial charge in [0.25, 0.3) is 0 Å². The molecule has 0 N–H and O–H groups in total. The average Bonchev–Trinajstić information content (AvgIpc) is 2.17. The molecule has 0 heterocycles. The van der Waals surface area contributed by atoms with Crippen molar-refractivity contribution in [1.29, 1.82) is 0 Å². The standard InChI is InChI=1S/C12H14/c1-2-10-7-8-11-5-3-4-6-12(11)9-10/h7-9H,2-5H2,1H3. The Balaban J connectivity index is 2.36. The summed E-state index contributed by atoms with van der Waals surface area (Å²) >= 11 is 0. The van der Waals surface area contributed by atoms with Gasteiger partial charge in [0, 0.05) is 6.42 Å². The first-order valence-electron chi connectivity index (χ1n) is 4.76. The van der Waals surface area contributed by atoms with E-state index in [1.807, 2.05) is 0 Å². The van der Waals surface area contributed by atoms with Gasteiger partial charge in [0.2, 0.25) is 0 Å². The van der Waals surface area contributed by atoms with Crippen molar-refractivity contribution in [3.05, 3.63) is 41.3 Å². The Bertz CT molecular complexity index is 273. The Labute approximate surface area is 74.6 Å². The maximum atomic E-state index is 3.44. The van der Waals surface area contributed by atoms with Crippen LogP contribution in [0.5, 0.6) is 0 Å². The van der Waals surface area contributed by atoms with Crippen LogP contribution < -0.4 is 0 Å². The van der Waals surface area contributed by atoms with E-state index in [9.17, 15) is 0 Å². The van der Waals surface area contributed by atoms with Gasteiger partial charge in [-0.15, -0.1) is 0 Å². The number of hydrogen-bond acceptors (Lipinski definition) is 0. The van der Waals surface area contributed by atoms with Crippen molar-refractivity contribution in [3.8, 4) is 0 Å². The molecule has 0 fully saturated rings. The van der Waals surface area contributed by atoms with Crippen LogP contribution in [0.15, 0.2) is 18.2 Å². The molecule has 62 valence electrons. The monoisotopic (exact) mass is 158 g/mol. The molecule has 1 aromatic carbocycles. The second-order valence-corrected chi connectivity index (χ2v) is 3.38. The van der Waals surface area contributed by atoms with Crippen molar-refractivity contribution < 1.29 is 0 Å². The van der Waals surface area contributed by atoms with Crippen LogP contribution in [0.2, 0.25) is 0 Å². The smallest absolute Gasteiger partial charge is 0.0167 e. The van der Waals surface area contributed by atoms with Crippen LogP contribution in [0, 0.1) is 6.42 Å².